The average molecular weight is 396 g/mol. The van der Waals surface area contributed by atoms with E-state index in [0.717, 1.165) is 16.7 Å². The van der Waals surface area contributed by atoms with Crippen molar-refractivity contribution in [2.24, 2.45) is 0 Å². The molecule has 0 atom stereocenters. The van der Waals surface area contributed by atoms with Crippen molar-refractivity contribution < 1.29 is 9.52 Å². The number of halogens is 3. The van der Waals surface area contributed by atoms with E-state index in [0.29, 0.717) is 5.57 Å². The number of nitrogens with zero attached hydrogens (tertiary/aromatic N) is 2. The van der Waals surface area contributed by atoms with Gasteiger partial charge in [0.25, 0.3) is 9.68 Å². The second kappa shape index (κ2) is 7.58. The Morgan fingerprint density at radius 2 is 1.68 bits per heavy atom. The summed E-state index contributed by atoms with van der Waals surface area (Å²) in [6.07, 6.45) is 1.89. The standard InChI is InChI=1S/C18H13Cl3N2O2/c19-18(20,21)17-23-22-16(25-17)15(14-4-2-1-3-5-14)10-12-6-8-13(11-24)9-7-12/h1-10,24H,11H2. The Morgan fingerprint density at radius 1 is 1.00 bits per heavy atom. The van der Waals surface area contributed by atoms with Crippen LogP contribution in [0.5, 0.6) is 0 Å². The molecule has 0 radical (unpaired) electrons. The molecule has 0 saturated heterocycles. The summed E-state index contributed by atoms with van der Waals surface area (Å²) in [7, 11) is 0. The van der Waals surface area contributed by atoms with Crippen LogP contribution in [0.25, 0.3) is 11.6 Å². The lowest BCUT2D eigenvalue weighted by Gasteiger charge is -2.06. The third kappa shape index (κ3) is 4.41. The minimum atomic E-state index is -1.78. The van der Waals surface area contributed by atoms with Gasteiger partial charge in [-0.3, -0.25) is 0 Å². The Kier molecular flexibility index (Phi) is 5.45. The van der Waals surface area contributed by atoms with Crippen molar-refractivity contribution in [3.05, 3.63) is 83.1 Å². The summed E-state index contributed by atoms with van der Waals surface area (Å²) in [5.74, 6) is 0.156. The van der Waals surface area contributed by atoms with Crippen LogP contribution < -0.4 is 0 Å². The van der Waals surface area contributed by atoms with E-state index in [1.165, 1.54) is 0 Å². The lowest BCUT2D eigenvalue weighted by Crippen LogP contribution is -1.99. The zero-order chi connectivity index (χ0) is 17.9. The molecule has 7 heteroatoms. The largest absolute Gasteiger partial charge is 0.416 e. The van der Waals surface area contributed by atoms with Gasteiger partial charge in [0.05, 0.1) is 6.61 Å². The molecule has 2 aromatic carbocycles. The van der Waals surface area contributed by atoms with Gasteiger partial charge in [-0.15, -0.1) is 10.2 Å². The van der Waals surface area contributed by atoms with Crippen molar-refractivity contribution in [3.63, 3.8) is 0 Å². The van der Waals surface area contributed by atoms with Gasteiger partial charge in [0.1, 0.15) is 0 Å². The summed E-state index contributed by atoms with van der Waals surface area (Å²) in [4.78, 5) is 0. The lowest BCUT2D eigenvalue weighted by molar-refractivity contribution is 0.282. The van der Waals surface area contributed by atoms with Crippen LogP contribution in [-0.2, 0) is 10.4 Å². The van der Waals surface area contributed by atoms with E-state index in [9.17, 15) is 0 Å². The minimum absolute atomic E-state index is 0.00813. The molecule has 0 amide bonds. The molecule has 1 aromatic heterocycles. The van der Waals surface area contributed by atoms with Crippen LogP contribution in [0.1, 0.15) is 28.5 Å². The Morgan fingerprint density at radius 3 is 2.24 bits per heavy atom. The Balaban J connectivity index is 2.06. The van der Waals surface area contributed by atoms with Crippen LogP contribution in [0.3, 0.4) is 0 Å². The van der Waals surface area contributed by atoms with E-state index in [1.807, 2.05) is 60.7 Å². The molecule has 0 unspecified atom stereocenters. The molecule has 0 aliphatic rings. The van der Waals surface area contributed by atoms with Crippen LogP contribution in [-0.4, -0.2) is 15.3 Å². The summed E-state index contributed by atoms with van der Waals surface area (Å²) in [6, 6.07) is 17.0. The van der Waals surface area contributed by atoms with Gasteiger partial charge in [0, 0.05) is 5.57 Å². The fourth-order valence-electron chi connectivity index (χ4n) is 2.22. The third-order valence-corrected chi connectivity index (χ3v) is 3.94. The summed E-state index contributed by atoms with van der Waals surface area (Å²) in [5.41, 5.74) is 3.32. The average Bonchev–Trinajstić information content (AvgIpc) is 3.11. The molecule has 0 bridgehead atoms. The van der Waals surface area contributed by atoms with Crippen molar-refractivity contribution >= 4 is 46.5 Å². The molecule has 1 heterocycles. The van der Waals surface area contributed by atoms with E-state index < -0.39 is 3.79 Å². The zero-order valence-electron chi connectivity index (χ0n) is 12.9. The van der Waals surface area contributed by atoms with E-state index >= 15 is 0 Å². The molecular weight excluding hydrogens is 383 g/mol. The van der Waals surface area contributed by atoms with E-state index in [2.05, 4.69) is 10.2 Å². The first kappa shape index (κ1) is 18.0. The van der Waals surface area contributed by atoms with Gasteiger partial charge < -0.3 is 9.52 Å². The highest BCUT2D eigenvalue weighted by Crippen LogP contribution is 2.38. The fraction of sp³-hybridized carbons (Fsp3) is 0.111. The Labute approximate surface area is 159 Å². The molecule has 25 heavy (non-hydrogen) atoms. The quantitative estimate of drug-likeness (QED) is 0.500. The van der Waals surface area contributed by atoms with Crippen LogP contribution >= 0.6 is 34.8 Å². The van der Waals surface area contributed by atoms with Gasteiger partial charge in [-0.1, -0.05) is 89.4 Å². The predicted molar refractivity (Wildman–Crippen MR) is 99.3 cm³/mol. The minimum Gasteiger partial charge on any atom is -0.416 e. The molecule has 0 aliphatic carbocycles. The smallest absolute Gasteiger partial charge is 0.268 e. The highest BCUT2D eigenvalue weighted by Gasteiger charge is 2.31. The number of aromatic nitrogens is 2. The van der Waals surface area contributed by atoms with Crippen molar-refractivity contribution in [3.8, 4) is 0 Å². The molecular formula is C18H13Cl3N2O2. The molecule has 0 aliphatic heterocycles. The second-order valence-corrected chi connectivity index (χ2v) is 7.52. The highest BCUT2D eigenvalue weighted by atomic mass is 35.6. The Bertz CT molecular complexity index is 869. The maximum Gasteiger partial charge on any atom is 0.268 e. The predicted octanol–water partition coefficient (Wildman–Crippen LogP) is 4.98. The van der Waals surface area contributed by atoms with Gasteiger partial charge in [0.2, 0.25) is 5.89 Å². The molecule has 0 spiro atoms. The molecule has 1 N–H and O–H groups in total. The van der Waals surface area contributed by atoms with Crippen LogP contribution in [0, 0.1) is 0 Å². The fourth-order valence-corrected chi connectivity index (χ4v) is 2.45. The number of hydrogen-bond donors (Lipinski definition) is 1. The topological polar surface area (TPSA) is 59.2 Å². The van der Waals surface area contributed by atoms with Crippen molar-refractivity contribution in [2.45, 2.75) is 10.4 Å². The van der Waals surface area contributed by atoms with E-state index in [1.54, 1.807) is 0 Å². The van der Waals surface area contributed by atoms with Crippen LogP contribution in [0.4, 0.5) is 0 Å². The van der Waals surface area contributed by atoms with Gasteiger partial charge in [-0.25, -0.2) is 0 Å². The van der Waals surface area contributed by atoms with E-state index in [4.69, 9.17) is 44.3 Å². The molecule has 3 rings (SSSR count). The van der Waals surface area contributed by atoms with Crippen LogP contribution in [0.15, 0.2) is 59.0 Å². The SMILES string of the molecule is OCc1ccc(C=C(c2ccccc2)c2nnc(C(Cl)(Cl)Cl)o2)cc1. The molecule has 0 saturated carbocycles. The van der Waals surface area contributed by atoms with Crippen molar-refractivity contribution in [1.82, 2.24) is 10.2 Å². The lowest BCUT2D eigenvalue weighted by atomic mass is 10.0. The van der Waals surface area contributed by atoms with Gasteiger partial charge in [0.15, 0.2) is 0 Å². The van der Waals surface area contributed by atoms with Gasteiger partial charge >= 0.3 is 0 Å². The third-order valence-electron chi connectivity index (χ3n) is 3.46. The molecule has 128 valence electrons. The summed E-state index contributed by atoms with van der Waals surface area (Å²) < 4.78 is 3.77. The second-order valence-electron chi connectivity index (χ2n) is 5.23. The van der Waals surface area contributed by atoms with Crippen LogP contribution in [0.2, 0.25) is 0 Å². The monoisotopic (exact) mass is 394 g/mol. The zero-order valence-corrected chi connectivity index (χ0v) is 15.1. The first-order valence-electron chi connectivity index (χ1n) is 7.35. The number of hydrogen-bond acceptors (Lipinski definition) is 4. The van der Waals surface area contributed by atoms with Crippen molar-refractivity contribution in [2.75, 3.05) is 0 Å². The number of benzene rings is 2. The van der Waals surface area contributed by atoms with E-state index in [-0.39, 0.29) is 18.4 Å². The maximum atomic E-state index is 9.16. The number of alkyl halides is 3. The maximum absolute atomic E-state index is 9.16. The Hall–Kier alpha value is -1.85. The normalized spacial score (nSPS) is 12.4. The summed E-state index contributed by atoms with van der Waals surface area (Å²) >= 11 is 17.4. The van der Waals surface area contributed by atoms with Gasteiger partial charge in [-0.2, -0.15) is 0 Å². The summed E-state index contributed by atoms with van der Waals surface area (Å²) in [5, 5.41) is 17.0. The molecule has 3 aromatic rings. The summed E-state index contributed by atoms with van der Waals surface area (Å²) in [6.45, 7) is -0.00813. The molecule has 0 fully saturated rings. The van der Waals surface area contributed by atoms with Crippen molar-refractivity contribution in [1.29, 1.82) is 0 Å². The molecule has 4 nitrogen and oxygen atoms in total. The van der Waals surface area contributed by atoms with Gasteiger partial charge in [-0.05, 0) is 22.8 Å². The number of rotatable bonds is 4. The number of aliphatic hydroxyl groups excluding tert-OH is 1. The highest BCUT2D eigenvalue weighted by molar-refractivity contribution is 6.66. The number of aliphatic hydroxyl groups is 1. The first-order chi connectivity index (χ1) is 12.0. The first-order valence-corrected chi connectivity index (χ1v) is 8.49.